The zero-order chi connectivity index (χ0) is 16.0. The molecule has 3 nitrogen and oxygen atoms in total. The summed E-state index contributed by atoms with van der Waals surface area (Å²) >= 11 is 6.82. The van der Waals surface area contributed by atoms with Gasteiger partial charge in [0.05, 0.1) is 4.90 Å². The van der Waals surface area contributed by atoms with Gasteiger partial charge in [-0.05, 0) is 53.4 Å². The SMILES string of the molecule is CCCCN(CCCC)S(=O)(=O)c1cc(Br)c(C)cc1Br. The van der Waals surface area contributed by atoms with E-state index in [9.17, 15) is 8.42 Å². The maximum Gasteiger partial charge on any atom is 0.244 e. The number of rotatable bonds is 8. The summed E-state index contributed by atoms with van der Waals surface area (Å²) in [6.45, 7) is 7.25. The molecular formula is C15H23Br2NO2S. The minimum Gasteiger partial charge on any atom is -0.207 e. The Morgan fingerprint density at radius 2 is 1.52 bits per heavy atom. The van der Waals surface area contributed by atoms with Crippen LogP contribution in [0.5, 0.6) is 0 Å². The van der Waals surface area contributed by atoms with Crippen LogP contribution in [0.25, 0.3) is 0 Å². The summed E-state index contributed by atoms with van der Waals surface area (Å²) in [6.07, 6.45) is 3.73. The Morgan fingerprint density at radius 1 is 1.00 bits per heavy atom. The van der Waals surface area contributed by atoms with Crippen LogP contribution in [0.3, 0.4) is 0 Å². The molecule has 0 aliphatic heterocycles. The van der Waals surface area contributed by atoms with Crippen molar-refractivity contribution in [3.63, 3.8) is 0 Å². The van der Waals surface area contributed by atoms with Gasteiger partial charge in [0.15, 0.2) is 0 Å². The molecule has 0 fully saturated rings. The third-order valence-corrected chi connectivity index (χ3v) is 7.06. The summed E-state index contributed by atoms with van der Waals surface area (Å²) in [7, 11) is -3.46. The lowest BCUT2D eigenvalue weighted by molar-refractivity contribution is 0.395. The summed E-state index contributed by atoms with van der Waals surface area (Å²) < 4.78 is 28.9. The van der Waals surface area contributed by atoms with E-state index >= 15 is 0 Å². The molecule has 0 N–H and O–H groups in total. The molecule has 21 heavy (non-hydrogen) atoms. The molecule has 0 unspecified atom stereocenters. The van der Waals surface area contributed by atoms with Gasteiger partial charge in [-0.25, -0.2) is 8.42 Å². The fraction of sp³-hybridized carbons (Fsp3) is 0.600. The van der Waals surface area contributed by atoms with E-state index < -0.39 is 10.0 Å². The topological polar surface area (TPSA) is 37.4 Å². The van der Waals surface area contributed by atoms with Crippen LogP contribution in [0.2, 0.25) is 0 Å². The Hall–Kier alpha value is 0.0900. The first kappa shape index (κ1) is 19.1. The van der Waals surface area contributed by atoms with Crippen LogP contribution in [0, 0.1) is 6.92 Å². The molecule has 0 saturated heterocycles. The number of hydrogen-bond donors (Lipinski definition) is 0. The van der Waals surface area contributed by atoms with Crippen molar-refractivity contribution < 1.29 is 8.42 Å². The first-order valence-electron chi connectivity index (χ1n) is 7.30. The molecule has 0 saturated carbocycles. The van der Waals surface area contributed by atoms with Crippen LogP contribution in [0.15, 0.2) is 26.0 Å². The number of hydrogen-bond acceptors (Lipinski definition) is 2. The van der Waals surface area contributed by atoms with Gasteiger partial charge in [0.1, 0.15) is 0 Å². The van der Waals surface area contributed by atoms with Crippen LogP contribution in [-0.2, 0) is 10.0 Å². The number of halogens is 2. The summed E-state index contributed by atoms with van der Waals surface area (Å²) in [5.41, 5.74) is 1.01. The quantitative estimate of drug-likeness (QED) is 0.563. The van der Waals surface area contributed by atoms with E-state index in [1.54, 1.807) is 10.4 Å². The zero-order valence-corrected chi connectivity index (χ0v) is 16.8. The minimum atomic E-state index is -3.46. The standard InChI is InChI=1S/C15H23Br2NO2S/c1-4-6-8-18(9-7-5-2)21(19,20)15-11-13(16)12(3)10-14(15)17/h10-11H,4-9H2,1-3H3. The largest absolute Gasteiger partial charge is 0.244 e. The summed E-state index contributed by atoms with van der Waals surface area (Å²) in [4.78, 5) is 0.340. The maximum absolute atomic E-state index is 12.9. The molecule has 1 aromatic carbocycles. The average molecular weight is 441 g/mol. The molecule has 0 atom stereocenters. The Bertz CT molecular complexity index is 565. The average Bonchev–Trinajstić information content (AvgIpc) is 2.42. The van der Waals surface area contributed by atoms with Gasteiger partial charge in [0, 0.05) is 22.0 Å². The number of unbranched alkanes of at least 4 members (excludes halogenated alkanes) is 2. The van der Waals surface area contributed by atoms with Gasteiger partial charge < -0.3 is 0 Å². The molecule has 0 aliphatic carbocycles. The highest BCUT2D eigenvalue weighted by atomic mass is 79.9. The van der Waals surface area contributed by atoms with Gasteiger partial charge in [-0.15, -0.1) is 0 Å². The minimum absolute atomic E-state index is 0.340. The van der Waals surface area contributed by atoms with Gasteiger partial charge in [0.2, 0.25) is 10.0 Å². The molecular weight excluding hydrogens is 418 g/mol. The van der Waals surface area contributed by atoms with Gasteiger partial charge in [-0.3, -0.25) is 0 Å². The van der Waals surface area contributed by atoms with Crippen molar-refractivity contribution in [1.29, 1.82) is 0 Å². The molecule has 0 heterocycles. The van der Waals surface area contributed by atoms with Crippen molar-refractivity contribution in [2.24, 2.45) is 0 Å². The summed E-state index contributed by atoms with van der Waals surface area (Å²) in [6, 6.07) is 3.54. The van der Waals surface area contributed by atoms with Gasteiger partial charge in [-0.2, -0.15) is 4.31 Å². The number of nitrogens with zero attached hydrogens (tertiary/aromatic N) is 1. The lowest BCUT2D eigenvalue weighted by Crippen LogP contribution is -2.33. The molecule has 0 radical (unpaired) electrons. The highest BCUT2D eigenvalue weighted by Crippen LogP contribution is 2.31. The lowest BCUT2D eigenvalue weighted by atomic mass is 10.2. The van der Waals surface area contributed by atoms with Crippen LogP contribution < -0.4 is 0 Å². The van der Waals surface area contributed by atoms with Crippen LogP contribution in [0.4, 0.5) is 0 Å². The Balaban J connectivity index is 3.18. The molecule has 1 aromatic rings. The highest BCUT2D eigenvalue weighted by Gasteiger charge is 2.26. The smallest absolute Gasteiger partial charge is 0.207 e. The van der Waals surface area contributed by atoms with Crippen LogP contribution in [0.1, 0.15) is 45.1 Å². The lowest BCUT2D eigenvalue weighted by Gasteiger charge is -2.23. The fourth-order valence-corrected chi connectivity index (χ4v) is 5.14. The fourth-order valence-electron chi connectivity index (χ4n) is 1.99. The first-order valence-corrected chi connectivity index (χ1v) is 10.3. The molecule has 0 bridgehead atoms. The van der Waals surface area contributed by atoms with E-state index in [0.717, 1.165) is 35.7 Å². The van der Waals surface area contributed by atoms with Crippen molar-refractivity contribution in [3.8, 4) is 0 Å². The predicted molar refractivity (Wildman–Crippen MR) is 95.2 cm³/mol. The summed E-state index contributed by atoms with van der Waals surface area (Å²) in [5, 5.41) is 0. The second-order valence-electron chi connectivity index (χ2n) is 5.14. The zero-order valence-electron chi connectivity index (χ0n) is 12.8. The second kappa shape index (κ2) is 8.65. The number of aryl methyl sites for hydroxylation is 1. The predicted octanol–water partition coefficient (Wildman–Crippen LogP) is 5.11. The molecule has 0 amide bonds. The maximum atomic E-state index is 12.9. The normalized spacial score (nSPS) is 12.1. The van der Waals surface area contributed by atoms with E-state index in [0.29, 0.717) is 22.5 Å². The van der Waals surface area contributed by atoms with Crippen LogP contribution in [-0.4, -0.2) is 25.8 Å². The third-order valence-electron chi connectivity index (χ3n) is 3.35. The van der Waals surface area contributed by atoms with E-state index in [4.69, 9.17) is 0 Å². The Kier molecular flexibility index (Phi) is 7.88. The van der Waals surface area contributed by atoms with E-state index in [1.807, 2.05) is 13.0 Å². The number of sulfonamides is 1. The van der Waals surface area contributed by atoms with E-state index in [1.165, 1.54) is 0 Å². The third kappa shape index (κ3) is 5.05. The number of benzene rings is 1. The molecule has 0 aliphatic rings. The van der Waals surface area contributed by atoms with Crippen molar-refractivity contribution in [2.45, 2.75) is 51.3 Å². The molecule has 0 spiro atoms. The molecule has 120 valence electrons. The van der Waals surface area contributed by atoms with Crippen molar-refractivity contribution in [3.05, 3.63) is 26.6 Å². The molecule has 1 rings (SSSR count). The van der Waals surface area contributed by atoms with Gasteiger partial charge in [-0.1, -0.05) is 42.6 Å². The summed E-state index contributed by atoms with van der Waals surface area (Å²) in [5.74, 6) is 0. The molecule has 6 heteroatoms. The second-order valence-corrected chi connectivity index (χ2v) is 8.76. The van der Waals surface area contributed by atoms with Crippen molar-refractivity contribution in [2.75, 3.05) is 13.1 Å². The Labute approximate surface area is 145 Å². The Morgan fingerprint density at radius 3 is 2.00 bits per heavy atom. The first-order chi connectivity index (χ1) is 9.84. The van der Waals surface area contributed by atoms with E-state index in [2.05, 4.69) is 45.7 Å². The van der Waals surface area contributed by atoms with Crippen LogP contribution >= 0.6 is 31.9 Å². The van der Waals surface area contributed by atoms with Gasteiger partial charge in [0.25, 0.3) is 0 Å². The molecule has 0 aromatic heterocycles. The highest BCUT2D eigenvalue weighted by molar-refractivity contribution is 9.11. The van der Waals surface area contributed by atoms with Crippen molar-refractivity contribution >= 4 is 41.9 Å². The van der Waals surface area contributed by atoms with Gasteiger partial charge >= 0.3 is 0 Å². The van der Waals surface area contributed by atoms with E-state index in [-0.39, 0.29) is 0 Å². The van der Waals surface area contributed by atoms with Crippen molar-refractivity contribution in [1.82, 2.24) is 4.31 Å². The monoisotopic (exact) mass is 439 g/mol.